The molecule has 4 rings (SSSR count). The summed E-state index contributed by atoms with van der Waals surface area (Å²) in [5, 5.41) is 2.76. The van der Waals surface area contributed by atoms with Gasteiger partial charge >= 0.3 is 0 Å². The molecular formula is C24H16FN3O3. The second-order valence-electron chi connectivity index (χ2n) is 6.44. The number of aromatic nitrogens is 2. The Hall–Kier alpha value is -4.44. The summed E-state index contributed by atoms with van der Waals surface area (Å²) in [6.07, 6.45) is 5.37. The van der Waals surface area contributed by atoms with Crippen molar-refractivity contribution in [3.05, 3.63) is 83.8 Å². The lowest BCUT2D eigenvalue weighted by Crippen LogP contribution is -2.16. The van der Waals surface area contributed by atoms with Gasteiger partial charge in [0.05, 0.1) is 18.1 Å². The van der Waals surface area contributed by atoms with Gasteiger partial charge in [-0.05, 0) is 48.5 Å². The summed E-state index contributed by atoms with van der Waals surface area (Å²) >= 11 is 0. The van der Waals surface area contributed by atoms with Crippen molar-refractivity contribution in [2.75, 3.05) is 12.4 Å². The van der Waals surface area contributed by atoms with Gasteiger partial charge in [-0.2, -0.15) is 0 Å². The van der Waals surface area contributed by atoms with Gasteiger partial charge in [-0.25, -0.2) is 14.4 Å². The van der Waals surface area contributed by atoms with Crippen LogP contribution in [0.2, 0.25) is 0 Å². The van der Waals surface area contributed by atoms with E-state index in [0.29, 0.717) is 22.3 Å². The molecule has 0 aliphatic heterocycles. The van der Waals surface area contributed by atoms with Gasteiger partial charge in [0.15, 0.2) is 17.2 Å². The Kier molecular flexibility index (Phi) is 5.45. The molecule has 0 bridgehead atoms. The first kappa shape index (κ1) is 19.9. The van der Waals surface area contributed by atoms with Crippen LogP contribution in [0.25, 0.3) is 11.0 Å². The minimum absolute atomic E-state index is 0.0360. The van der Waals surface area contributed by atoms with Crippen LogP contribution >= 0.6 is 0 Å². The summed E-state index contributed by atoms with van der Waals surface area (Å²) in [7, 11) is 1.39. The summed E-state index contributed by atoms with van der Waals surface area (Å²) in [6, 6.07) is 17.7. The van der Waals surface area contributed by atoms with Crippen LogP contribution in [0.15, 0.2) is 66.7 Å². The molecule has 0 unspecified atom stereocenters. The molecule has 4 aromatic rings. The average molecular weight is 413 g/mol. The number of nitrogens with zero attached hydrogens (tertiary/aromatic N) is 2. The minimum Gasteiger partial charge on any atom is -0.493 e. The fraction of sp³-hybridized carbons (Fsp3) is 0.0417. The number of hydrogen-bond acceptors (Lipinski definition) is 5. The Labute approximate surface area is 177 Å². The van der Waals surface area contributed by atoms with E-state index in [-0.39, 0.29) is 23.1 Å². The van der Waals surface area contributed by atoms with Crippen molar-refractivity contribution < 1.29 is 18.7 Å². The first-order valence-electron chi connectivity index (χ1n) is 9.23. The maximum atomic E-state index is 13.5. The number of ether oxygens (including phenoxy) is 2. The molecular weight excluding hydrogens is 397 g/mol. The molecule has 6 nitrogen and oxygen atoms in total. The van der Waals surface area contributed by atoms with Crippen LogP contribution in [0, 0.1) is 18.2 Å². The van der Waals surface area contributed by atoms with Crippen molar-refractivity contribution in [2.24, 2.45) is 0 Å². The SMILES string of the molecule is C#Cc1ccc(NC(=O)c2nc3ccccc3nc2Oc2ccc(F)cc2OC)cc1. The molecule has 31 heavy (non-hydrogen) atoms. The van der Waals surface area contributed by atoms with Gasteiger partial charge in [0, 0.05) is 17.3 Å². The predicted molar refractivity (Wildman–Crippen MR) is 115 cm³/mol. The molecule has 0 radical (unpaired) electrons. The van der Waals surface area contributed by atoms with E-state index in [2.05, 4.69) is 21.2 Å². The summed E-state index contributed by atoms with van der Waals surface area (Å²) < 4.78 is 24.6. The highest BCUT2D eigenvalue weighted by Gasteiger charge is 2.20. The number of carbonyl (C=O) groups excluding carboxylic acids is 1. The van der Waals surface area contributed by atoms with Gasteiger partial charge < -0.3 is 14.8 Å². The lowest BCUT2D eigenvalue weighted by atomic mass is 10.2. The van der Waals surface area contributed by atoms with E-state index < -0.39 is 11.7 Å². The van der Waals surface area contributed by atoms with Crippen molar-refractivity contribution in [3.63, 3.8) is 0 Å². The number of halogens is 1. The maximum absolute atomic E-state index is 13.5. The normalized spacial score (nSPS) is 10.4. The van der Waals surface area contributed by atoms with Crippen LogP contribution in [-0.4, -0.2) is 23.0 Å². The molecule has 0 aliphatic carbocycles. The van der Waals surface area contributed by atoms with Gasteiger partial charge in [0.25, 0.3) is 11.8 Å². The first-order chi connectivity index (χ1) is 15.1. The quantitative estimate of drug-likeness (QED) is 0.476. The van der Waals surface area contributed by atoms with E-state index in [0.717, 1.165) is 0 Å². The molecule has 3 aromatic carbocycles. The zero-order valence-corrected chi connectivity index (χ0v) is 16.4. The largest absolute Gasteiger partial charge is 0.493 e. The van der Waals surface area contributed by atoms with Crippen LogP contribution in [0.1, 0.15) is 16.1 Å². The fourth-order valence-electron chi connectivity index (χ4n) is 2.87. The molecule has 0 atom stereocenters. The molecule has 152 valence electrons. The lowest BCUT2D eigenvalue weighted by molar-refractivity contribution is 0.101. The second kappa shape index (κ2) is 8.51. The molecule has 1 amide bonds. The standard InChI is InChI=1S/C24H16FN3O3/c1-3-15-8-11-17(12-9-15)26-23(29)22-24(28-19-7-5-4-6-18(19)27-22)31-20-13-10-16(25)14-21(20)30-2/h1,4-14H,2H3,(H,26,29). The number of hydrogen-bond donors (Lipinski definition) is 1. The van der Waals surface area contributed by atoms with Crippen molar-refractivity contribution in [1.82, 2.24) is 9.97 Å². The fourth-order valence-corrected chi connectivity index (χ4v) is 2.87. The van der Waals surface area contributed by atoms with E-state index in [1.165, 1.54) is 25.3 Å². The molecule has 1 N–H and O–H groups in total. The predicted octanol–water partition coefficient (Wildman–Crippen LogP) is 4.80. The number of rotatable bonds is 5. The number of fused-ring (bicyclic) bond motifs is 1. The van der Waals surface area contributed by atoms with Crippen LogP contribution < -0.4 is 14.8 Å². The Morgan fingerprint density at radius 3 is 2.39 bits per heavy atom. The van der Waals surface area contributed by atoms with Crippen LogP contribution in [0.3, 0.4) is 0 Å². The molecule has 0 saturated carbocycles. The van der Waals surface area contributed by atoms with Gasteiger partial charge in [-0.1, -0.05) is 18.1 Å². The number of nitrogens with one attached hydrogen (secondary N) is 1. The topological polar surface area (TPSA) is 73.3 Å². The van der Waals surface area contributed by atoms with Gasteiger partial charge in [-0.3, -0.25) is 4.79 Å². The molecule has 1 heterocycles. The average Bonchev–Trinajstić information content (AvgIpc) is 2.80. The van der Waals surface area contributed by atoms with E-state index in [1.54, 1.807) is 48.5 Å². The molecule has 0 saturated heterocycles. The summed E-state index contributed by atoms with van der Waals surface area (Å²) in [6.45, 7) is 0. The number of anilines is 1. The van der Waals surface area contributed by atoms with Crippen molar-refractivity contribution in [2.45, 2.75) is 0 Å². The molecule has 0 fully saturated rings. The maximum Gasteiger partial charge on any atom is 0.279 e. The molecule has 1 aromatic heterocycles. The van der Waals surface area contributed by atoms with Gasteiger partial charge in [-0.15, -0.1) is 6.42 Å². The number of methoxy groups -OCH3 is 1. The van der Waals surface area contributed by atoms with E-state index in [4.69, 9.17) is 15.9 Å². The van der Waals surface area contributed by atoms with Gasteiger partial charge in [0.2, 0.25) is 0 Å². The van der Waals surface area contributed by atoms with Crippen LogP contribution in [0.5, 0.6) is 17.4 Å². The number of amides is 1. The highest BCUT2D eigenvalue weighted by molar-refractivity contribution is 6.05. The Morgan fingerprint density at radius 2 is 1.71 bits per heavy atom. The Morgan fingerprint density at radius 1 is 1.00 bits per heavy atom. The summed E-state index contributed by atoms with van der Waals surface area (Å²) in [4.78, 5) is 21.9. The van der Waals surface area contributed by atoms with E-state index in [1.807, 2.05) is 0 Å². The summed E-state index contributed by atoms with van der Waals surface area (Å²) in [5.41, 5.74) is 2.24. The molecule has 0 aliphatic rings. The number of carbonyl (C=O) groups is 1. The zero-order valence-electron chi connectivity index (χ0n) is 16.4. The third-order valence-corrected chi connectivity index (χ3v) is 4.40. The molecule has 7 heteroatoms. The third-order valence-electron chi connectivity index (χ3n) is 4.40. The highest BCUT2D eigenvalue weighted by atomic mass is 19.1. The Bertz CT molecular complexity index is 1310. The second-order valence-corrected chi connectivity index (χ2v) is 6.44. The minimum atomic E-state index is -0.525. The van der Waals surface area contributed by atoms with Crippen molar-refractivity contribution >= 4 is 22.6 Å². The number of terminal acetylenes is 1. The number of benzene rings is 3. The van der Waals surface area contributed by atoms with Crippen LogP contribution in [0.4, 0.5) is 10.1 Å². The van der Waals surface area contributed by atoms with E-state index >= 15 is 0 Å². The third kappa shape index (κ3) is 4.28. The van der Waals surface area contributed by atoms with Crippen molar-refractivity contribution in [1.29, 1.82) is 0 Å². The number of para-hydroxylation sites is 2. The van der Waals surface area contributed by atoms with Crippen molar-refractivity contribution in [3.8, 4) is 29.7 Å². The smallest absolute Gasteiger partial charge is 0.279 e. The molecule has 0 spiro atoms. The van der Waals surface area contributed by atoms with E-state index in [9.17, 15) is 9.18 Å². The highest BCUT2D eigenvalue weighted by Crippen LogP contribution is 2.33. The lowest BCUT2D eigenvalue weighted by Gasteiger charge is -2.13. The monoisotopic (exact) mass is 413 g/mol. The summed E-state index contributed by atoms with van der Waals surface area (Å²) in [5.74, 6) is 1.82. The van der Waals surface area contributed by atoms with Crippen LogP contribution in [-0.2, 0) is 0 Å². The van der Waals surface area contributed by atoms with Gasteiger partial charge in [0.1, 0.15) is 5.82 Å². The first-order valence-corrected chi connectivity index (χ1v) is 9.23. The zero-order chi connectivity index (χ0) is 21.8. The Balaban J connectivity index is 1.74.